The van der Waals surface area contributed by atoms with Crippen molar-refractivity contribution >= 4 is 0 Å². The van der Waals surface area contributed by atoms with Crippen LogP contribution in [0, 0.1) is 5.82 Å². The standard InChI is InChI=1S/C16H22FN3/c1-3-8-20-9-7-19-16(20)11-13-5-6-15(17)10-14(13)12-18-4-2/h5-7,9-10,18H,3-4,8,11-12H2,1-2H3. The lowest BCUT2D eigenvalue weighted by molar-refractivity contribution is 0.618. The number of hydrogen-bond acceptors (Lipinski definition) is 2. The molecule has 0 amide bonds. The van der Waals surface area contributed by atoms with Gasteiger partial charge in [-0.05, 0) is 36.2 Å². The number of hydrogen-bond donors (Lipinski definition) is 1. The van der Waals surface area contributed by atoms with Gasteiger partial charge in [-0.15, -0.1) is 0 Å². The Balaban J connectivity index is 2.21. The number of aryl methyl sites for hydroxylation is 1. The number of rotatable bonds is 7. The molecule has 3 nitrogen and oxygen atoms in total. The van der Waals surface area contributed by atoms with Crippen molar-refractivity contribution in [2.75, 3.05) is 6.54 Å². The smallest absolute Gasteiger partial charge is 0.123 e. The van der Waals surface area contributed by atoms with E-state index in [9.17, 15) is 4.39 Å². The van der Waals surface area contributed by atoms with Crippen LogP contribution < -0.4 is 5.32 Å². The molecule has 0 fully saturated rings. The van der Waals surface area contributed by atoms with E-state index < -0.39 is 0 Å². The van der Waals surface area contributed by atoms with Gasteiger partial charge < -0.3 is 9.88 Å². The number of aromatic nitrogens is 2. The summed E-state index contributed by atoms with van der Waals surface area (Å²) in [6, 6.07) is 5.01. The Bertz CT molecular complexity index is 548. The molecule has 0 aliphatic carbocycles. The van der Waals surface area contributed by atoms with Gasteiger partial charge in [-0.25, -0.2) is 9.37 Å². The normalized spacial score (nSPS) is 10.9. The number of nitrogens with one attached hydrogen (secondary N) is 1. The molecule has 1 aromatic heterocycles. The minimum atomic E-state index is -0.182. The summed E-state index contributed by atoms with van der Waals surface area (Å²) >= 11 is 0. The van der Waals surface area contributed by atoms with Crippen molar-refractivity contribution in [1.82, 2.24) is 14.9 Å². The molecule has 0 aliphatic rings. The van der Waals surface area contributed by atoms with E-state index in [2.05, 4.69) is 21.8 Å². The van der Waals surface area contributed by atoms with Crippen LogP contribution in [0.2, 0.25) is 0 Å². The second-order valence-corrected chi connectivity index (χ2v) is 4.91. The predicted molar refractivity (Wildman–Crippen MR) is 79.1 cm³/mol. The van der Waals surface area contributed by atoms with E-state index in [4.69, 9.17) is 0 Å². The van der Waals surface area contributed by atoms with E-state index in [0.717, 1.165) is 42.9 Å². The summed E-state index contributed by atoms with van der Waals surface area (Å²) in [7, 11) is 0. The third-order valence-corrected chi connectivity index (χ3v) is 3.35. The largest absolute Gasteiger partial charge is 0.335 e. The zero-order valence-corrected chi connectivity index (χ0v) is 12.2. The van der Waals surface area contributed by atoms with Crippen molar-refractivity contribution in [3.63, 3.8) is 0 Å². The van der Waals surface area contributed by atoms with Gasteiger partial charge in [0.2, 0.25) is 0 Å². The van der Waals surface area contributed by atoms with Gasteiger partial charge in [-0.3, -0.25) is 0 Å². The highest BCUT2D eigenvalue weighted by Gasteiger charge is 2.08. The van der Waals surface area contributed by atoms with Gasteiger partial charge in [-0.2, -0.15) is 0 Å². The number of halogens is 1. The molecular weight excluding hydrogens is 253 g/mol. The summed E-state index contributed by atoms with van der Waals surface area (Å²) in [5, 5.41) is 3.26. The third-order valence-electron chi connectivity index (χ3n) is 3.35. The molecule has 0 unspecified atom stereocenters. The average molecular weight is 275 g/mol. The van der Waals surface area contributed by atoms with Crippen LogP contribution in [-0.4, -0.2) is 16.1 Å². The molecule has 0 saturated carbocycles. The first kappa shape index (κ1) is 14.7. The molecular formula is C16H22FN3. The molecule has 1 aromatic carbocycles. The zero-order chi connectivity index (χ0) is 14.4. The number of benzene rings is 1. The predicted octanol–water partition coefficient (Wildman–Crippen LogP) is 3.13. The summed E-state index contributed by atoms with van der Waals surface area (Å²) in [5.74, 6) is 0.856. The van der Waals surface area contributed by atoms with E-state index in [0.29, 0.717) is 6.54 Å². The van der Waals surface area contributed by atoms with Gasteiger partial charge in [-0.1, -0.05) is 19.9 Å². The fourth-order valence-corrected chi connectivity index (χ4v) is 2.31. The minimum Gasteiger partial charge on any atom is -0.335 e. The molecule has 0 radical (unpaired) electrons. The Morgan fingerprint density at radius 2 is 2.10 bits per heavy atom. The maximum absolute atomic E-state index is 13.4. The van der Waals surface area contributed by atoms with E-state index >= 15 is 0 Å². The van der Waals surface area contributed by atoms with Crippen LogP contribution in [0.25, 0.3) is 0 Å². The van der Waals surface area contributed by atoms with Crippen molar-refractivity contribution in [3.05, 3.63) is 53.4 Å². The summed E-state index contributed by atoms with van der Waals surface area (Å²) < 4.78 is 15.6. The summed E-state index contributed by atoms with van der Waals surface area (Å²) in [6.07, 6.45) is 5.66. The minimum absolute atomic E-state index is 0.182. The van der Waals surface area contributed by atoms with E-state index in [-0.39, 0.29) is 5.82 Å². The monoisotopic (exact) mass is 275 g/mol. The van der Waals surface area contributed by atoms with Crippen molar-refractivity contribution in [1.29, 1.82) is 0 Å². The lowest BCUT2D eigenvalue weighted by Gasteiger charge is -2.11. The lowest BCUT2D eigenvalue weighted by Crippen LogP contribution is -2.14. The molecule has 0 spiro atoms. The maximum Gasteiger partial charge on any atom is 0.123 e. The van der Waals surface area contributed by atoms with Crippen LogP contribution in [0.1, 0.15) is 37.2 Å². The third kappa shape index (κ3) is 3.67. The lowest BCUT2D eigenvalue weighted by atomic mass is 10.0. The average Bonchev–Trinajstić information content (AvgIpc) is 2.87. The van der Waals surface area contributed by atoms with E-state index in [1.54, 1.807) is 6.07 Å². The van der Waals surface area contributed by atoms with Gasteiger partial charge in [0, 0.05) is 31.9 Å². The molecule has 0 atom stereocenters. The van der Waals surface area contributed by atoms with Crippen molar-refractivity contribution in [2.24, 2.45) is 0 Å². The van der Waals surface area contributed by atoms with Crippen LogP contribution in [0.3, 0.4) is 0 Å². The van der Waals surface area contributed by atoms with E-state index in [1.807, 2.05) is 25.4 Å². The Morgan fingerprint density at radius 3 is 2.85 bits per heavy atom. The highest BCUT2D eigenvalue weighted by molar-refractivity contribution is 5.30. The van der Waals surface area contributed by atoms with E-state index in [1.165, 1.54) is 6.07 Å². The Hall–Kier alpha value is -1.68. The first-order valence-corrected chi connectivity index (χ1v) is 7.22. The van der Waals surface area contributed by atoms with Crippen molar-refractivity contribution < 1.29 is 4.39 Å². The molecule has 1 heterocycles. The van der Waals surface area contributed by atoms with Gasteiger partial charge in [0.1, 0.15) is 11.6 Å². The van der Waals surface area contributed by atoms with Gasteiger partial charge in [0.15, 0.2) is 0 Å². The van der Waals surface area contributed by atoms with Crippen LogP contribution in [0.5, 0.6) is 0 Å². The number of nitrogens with zero attached hydrogens (tertiary/aromatic N) is 2. The van der Waals surface area contributed by atoms with Crippen LogP contribution >= 0.6 is 0 Å². The highest BCUT2D eigenvalue weighted by Crippen LogP contribution is 2.16. The van der Waals surface area contributed by atoms with Crippen LogP contribution in [0.15, 0.2) is 30.6 Å². The summed E-state index contributed by atoms with van der Waals surface area (Å²) in [6.45, 7) is 6.74. The molecule has 108 valence electrons. The van der Waals surface area contributed by atoms with Gasteiger partial charge >= 0.3 is 0 Å². The topological polar surface area (TPSA) is 29.9 Å². The zero-order valence-electron chi connectivity index (χ0n) is 12.2. The molecule has 0 bridgehead atoms. The second-order valence-electron chi connectivity index (χ2n) is 4.91. The van der Waals surface area contributed by atoms with Crippen LogP contribution in [-0.2, 0) is 19.5 Å². The van der Waals surface area contributed by atoms with Crippen molar-refractivity contribution in [2.45, 2.75) is 39.8 Å². The summed E-state index contributed by atoms with van der Waals surface area (Å²) in [5.41, 5.74) is 2.15. The van der Waals surface area contributed by atoms with Crippen molar-refractivity contribution in [3.8, 4) is 0 Å². The molecule has 2 rings (SSSR count). The Morgan fingerprint density at radius 1 is 1.25 bits per heavy atom. The molecule has 4 heteroatoms. The highest BCUT2D eigenvalue weighted by atomic mass is 19.1. The fraction of sp³-hybridized carbons (Fsp3) is 0.438. The quantitative estimate of drug-likeness (QED) is 0.841. The van der Waals surface area contributed by atoms with Crippen LogP contribution in [0.4, 0.5) is 4.39 Å². The molecule has 20 heavy (non-hydrogen) atoms. The SMILES string of the molecule is CCCn1ccnc1Cc1ccc(F)cc1CNCC. The first-order valence-electron chi connectivity index (χ1n) is 7.22. The molecule has 0 saturated heterocycles. The Labute approximate surface area is 119 Å². The first-order chi connectivity index (χ1) is 9.74. The Kier molecular flexibility index (Phi) is 5.30. The molecule has 1 N–H and O–H groups in total. The second kappa shape index (κ2) is 7.20. The van der Waals surface area contributed by atoms with Gasteiger partial charge in [0.05, 0.1) is 0 Å². The molecule has 0 aliphatic heterocycles. The fourth-order valence-electron chi connectivity index (χ4n) is 2.31. The summed E-state index contributed by atoms with van der Waals surface area (Å²) in [4.78, 5) is 4.42. The number of imidazole rings is 1. The van der Waals surface area contributed by atoms with Gasteiger partial charge in [0.25, 0.3) is 0 Å². The maximum atomic E-state index is 13.4. The molecule has 2 aromatic rings.